The molecule has 0 aliphatic carbocycles. The van der Waals surface area contributed by atoms with Gasteiger partial charge in [-0.3, -0.25) is 4.79 Å². The third kappa shape index (κ3) is 2.61. The maximum Gasteiger partial charge on any atom is 0.135 e. The van der Waals surface area contributed by atoms with Gasteiger partial charge in [0.2, 0.25) is 0 Å². The van der Waals surface area contributed by atoms with Crippen LogP contribution in [0.15, 0.2) is 0 Å². The normalized spacial score (nSPS) is 16.9. The Kier molecular flexibility index (Phi) is 3.47. The summed E-state index contributed by atoms with van der Waals surface area (Å²) in [5.74, 6) is -0.0856. The van der Waals surface area contributed by atoms with Gasteiger partial charge < -0.3 is 5.11 Å². The smallest absolute Gasteiger partial charge is 0.135 e. The molecule has 0 bridgehead atoms. The minimum absolute atomic E-state index is 0.0764. The van der Waals surface area contributed by atoms with E-state index < -0.39 is 6.10 Å². The Bertz CT molecular complexity index is 97.1. The lowest BCUT2D eigenvalue weighted by Gasteiger charge is -2.13. The molecular formula is C7H14O2. The van der Waals surface area contributed by atoms with Gasteiger partial charge in [0.15, 0.2) is 0 Å². The van der Waals surface area contributed by atoms with Crippen molar-refractivity contribution in [2.75, 3.05) is 0 Å². The Morgan fingerprint density at radius 1 is 1.67 bits per heavy atom. The highest BCUT2D eigenvalue weighted by molar-refractivity contribution is 5.78. The van der Waals surface area contributed by atoms with Crippen molar-refractivity contribution in [3.05, 3.63) is 0 Å². The van der Waals surface area contributed by atoms with Gasteiger partial charge in [-0.2, -0.15) is 0 Å². The van der Waals surface area contributed by atoms with Crippen LogP contribution in [-0.2, 0) is 4.79 Å². The van der Waals surface area contributed by atoms with Crippen LogP contribution in [0.4, 0.5) is 0 Å². The van der Waals surface area contributed by atoms with Gasteiger partial charge in [-0.25, -0.2) is 0 Å². The van der Waals surface area contributed by atoms with E-state index in [9.17, 15) is 4.79 Å². The molecule has 0 amide bonds. The van der Waals surface area contributed by atoms with Crippen molar-refractivity contribution in [1.29, 1.82) is 0 Å². The topological polar surface area (TPSA) is 37.3 Å². The first-order valence-electron chi connectivity index (χ1n) is 3.28. The quantitative estimate of drug-likeness (QED) is 0.618. The fourth-order valence-electron chi connectivity index (χ4n) is 0.968. The molecule has 0 radical (unpaired) electrons. The lowest BCUT2D eigenvalue weighted by Crippen LogP contribution is -2.22. The van der Waals surface area contributed by atoms with Crippen LogP contribution in [0.1, 0.15) is 27.2 Å². The average molecular weight is 130 g/mol. The lowest BCUT2D eigenvalue weighted by atomic mass is 9.97. The van der Waals surface area contributed by atoms with Crippen LogP contribution in [0.25, 0.3) is 0 Å². The molecule has 0 aromatic carbocycles. The number of hydrogen-bond acceptors (Lipinski definition) is 2. The van der Waals surface area contributed by atoms with Gasteiger partial charge in [-0.1, -0.05) is 6.92 Å². The minimum Gasteiger partial charge on any atom is -0.393 e. The molecule has 0 aromatic rings. The molecule has 2 atom stereocenters. The Hall–Kier alpha value is -0.370. The van der Waals surface area contributed by atoms with Crippen molar-refractivity contribution in [1.82, 2.24) is 0 Å². The van der Waals surface area contributed by atoms with E-state index in [0.29, 0.717) is 0 Å². The van der Waals surface area contributed by atoms with Crippen LogP contribution in [0.5, 0.6) is 0 Å². The van der Waals surface area contributed by atoms with E-state index in [0.717, 1.165) is 6.42 Å². The summed E-state index contributed by atoms with van der Waals surface area (Å²) in [5, 5.41) is 8.96. The molecule has 0 saturated carbocycles. The van der Waals surface area contributed by atoms with Crippen molar-refractivity contribution in [2.24, 2.45) is 5.92 Å². The maximum absolute atomic E-state index is 10.7. The van der Waals surface area contributed by atoms with Crippen LogP contribution >= 0.6 is 0 Å². The molecular weight excluding hydrogens is 116 g/mol. The monoisotopic (exact) mass is 130 g/mol. The summed E-state index contributed by atoms with van der Waals surface area (Å²) in [6.07, 6.45) is 0.236. The second-order valence-corrected chi connectivity index (χ2v) is 2.37. The highest BCUT2D eigenvalue weighted by Crippen LogP contribution is 2.08. The zero-order valence-electron chi connectivity index (χ0n) is 6.22. The van der Waals surface area contributed by atoms with Crippen LogP contribution < -0.4 is 0 Å². The Labute approximate surface area is 55.9 Å². The Morgan fingerprint density at radius 3 is 2.11 bits per heavy atom. The first-order chi connectivity index (χ1) is 4.09. The Morgan fingerprint density at radius 2 is 2.11 bits per heavy atom. The number of carbonyl (C=O) groups is 1. The third-order valence-electron chi connectivity index (χ3n) is 1.54. The van der Waals surface area contributed by atoms with Gasteiger partial charge in [0.1, 0.15) is 5.78 Å². The molecule has 0 spiro atoms. The van der Waals surface area contributed by atoms with Crippen molar-refractivity contribution in [3.63, 3.8) is 0 Å². The van der Waals surface area contributed by atoms with Crippen LogP contribution in [0.2, 0.25) is 0 Å². The maximum atomic E-state index is 10.7. The zero-order chi connectivity index (χ0) is 7.44. The van der Waals surface area contributed by atoms with E-state index in [1.807, 2.05) is 6.92 Å². The standard InChI is InChI=1S/C7H14O2/c1-4-7(5(2)8)6(3)9/h5,7-8H,4H2,1-3H3. The molecule has 0 rings (SSSR count). The number of hydrogen-bond donors (Lipinski definition) is 1. The minimum atomic E-state index is -0.493. The third-order valence-corrected chi connectivity index (χ3v) is 1.54. The molecule has 0 aromatic heterocycles. The van der Waals surface area contributed by atoms with Crippen LogP contribution in [0.3, 0.4) is 0 Å². The number of aliphatic hydroxyl groups excluding tert-OH is 1. The molecule has 0 heterocycles. The second-order valence-electron chi connectivity index (χ2n) is 2.37. The SMILES string of the molecule is CCC(C(C)=O)C(C)O. The van der Waals surface area contributed by atoms with E-state index in [1.165, 1.54) is 6.92 Å². The van der Waals surface area contributed by atoms with Gasteiger partial charge in [0.05, 0.1) is 6.10 Å². The van der Waals surface area contributed by atoms with Crippen LogP contribution in [-0.4, -0.2) is 17.0 Å². The predicted octanol–water partition coefficient (Wildman–Crippen LogP) is 0.982. The second kappa shape index (κ2) is 3.62. The number of aliphatic hydroxyl groups is 1. The van der Waals surface area contributed by atoms with Crippen LogP contribution in [0, 0.1) is 5.92 Å². The lowest BCUT2D eigenvalue weighted by molar-refractivity contribution is -0.123. The molecule has 2 unspecified atom stereocenters. The van der Waals surface area contributed by atoms with Gasteiger partial charge in [-0.05, 0) is 20.3 Å². The predicted molar refractivity (Wildman–Crippen MR) is 36.1 cm³/mol. The van der Waals surface area contributed by atoms with E-state index in [2.05, 4.69) is 0 Å². The molecule has 0 aliphatic rings. The molecule has 0 aliphatic heterocycles. The van der Waals surface area contributed by atoms with E-state index in [1.54, 1.807) is 6.92 Å². The fourth-order valence-corrected chi connectivity index (χ4v) is 0.968. The van der Waals surface area contributed by atoms with Gasteiger partial charge in [0, 0.05) is 5.92 Å². The van der Waals surface area contributed by atoms with E-state index in [-0.39, 0.29) is 11.7 Å². The van der Waals surface area contributed by atoms with Crippen molar-refractivity contribution in [2.45, 2.75) is 33.3 Å². The Balaban J connectivity index is 3.83. The van der Waals surface area contributed by atoms with Crippen molar-refractivity contribution in [3.8, 4) is 0 Å². The molecule has 54 valence electrons. The van der Waals surface area contributed by atoms with E-state index in [4.69, 9.17) is 5.11 Å². The average Bonchev–Trinajstić information content (AvgIpc) is 1.64. The largest absolute Gasteiger partial charge is 0.393 e. The molecule has 0 saturated heterocycles. The summed E-state index contributed by atoms with van der Waals surface area (Å²) in [5.41, 5.74) is 0. The van der Waals surface area contributed by atoms with Gasteiger partial charge in [-0.15, -0.1) is 0 Å². The van der Waals surface area contributed by atoms with Crippen molar-refractivity contribution >= 4 is 5.78 Å². The molecule has 0 fully saturated rings. The first kappa shape index (κ1) is 8.63. The highest BCUT2D eigenvalue weighted by atomic mass is 16.3. The van der Waals surface area contributed by atoms with Gasteiger partial charge >= 0.3 is 0 Å². The molecule has 9 heavy (non-hydrogen) atoms. The summed E-state index contributed by atoms with van der Waals surface area (Å²) in [4.78, 5) is 10.7. The summed E-state index contributed by atoms with van der Waals surface area (Å²) in [6, 6.07) is 0. The van der Waals surface area contributed by atoms with E-state index >= 15 is 0 Å². The molecule has 2 nitrogen and oxygen atoms in total. The van der Waals surface area contributed by atoms with Gasteiger partial charge in [0.25, 0.3) is 0 Å². The number of rotatable bonds is 3. The van der Waals surface area contributed by atoms with Crippen molar-refractivity contribution < 1.29 is 9.90 Å². The summed E-state index contributed by atoms with van der Waals surface area (Å²) in [6.45, 7) is 5.06. The summed E-state index contributed by atoms with van der Waals surface area (Å²) >= 11 is 0. The zero-order valence-corrected chi connectivity index (χ0v) is 6.22. The number of ketones is 1. The first-order valence-corrected chi connectivity index (χ1v) is 3.28. The summed E-state index contributed by atoms with van der Waals surface area (Å²) in [7, 11) is 0. The number of carbonyl (C=O) groups excluding carboxylic acids is 1. The summed E-state index contributed by atoms with van der Waals surface area (Å²) < 4.78 is 0. The highest BCUT2D eigenvalue weighted by Gasteiger charge is 2.16. The molecule has 1 N–H and O–H groups in total. The fraction of sp³-hybridized carbons (Fsp3) is 0.857. The molecule has 2 heteroatoms. The number of Topliss-reactive ketones (excluding diaryl/α,β-unsaturated/α-hetero) is 1.